The summed E-state index contributed by atoms with van der Waals surface area (Å²) in [4.78, 5) is 10.6. The van der Waals surface area contributed by atoms with Gasteiger partial charge in [-0.05, 0) is 56.1 Å². The molecular formula is C21H30O2. The highest BCUT2D eigenvalue weighted by Crippen LogP contribution is 2.43. The lowest BCUT2D eigenvalue weighted by atomic mass is 9.69. The van der Waals surface area contributed by atoms with E-state index in [9.17, 15) is 4.79 Å². The molecule has 0 bridgehead atoms. The minimum atomic E-state index is -0.913. The maximum atomic E-state index is 10.6. The van der Waals surface area contributed by atoms with E-state index >= 15 is 0 Å². The Morgan fingerprint density at radius 3 is 2.43 bits per heavy atom. The zero-order chi connectivity index (χ0) is 17.6. The number of carboxylic acids is 1. The van der Waals surface area contributed by atoms with Crippen LogP contribution in [-0.2, 0) is 4.79 Å². The van der Waals surface area contributed by atoms with Gasteiger partial charge in [0, 0.05) is 6.08 Å². The molecule has 1 aliphatic rings. The van der Waals surface area contributed by atoms with E-state index < -0.39 is 5.97 Å². The molecule has 1 atom stereocenters. The van der Waals surface area contributed by atoms with E-state index in [4.69, 9.17) is 5.11 Å². The Morgan fingerprint density at radius 2 is 1.87 bits per heavy atom. The van der Waals surface area contributed by atoms with Gasteiger partial charge in [-0.3, -0.25) is 0 Å². The van der Waals surface area contributed by atoms with Crippen molar-refractivity contribution in [3.05, 3.63) is 58.7 Å². The molecular weight excluding hydrogens is 284 g/mol. The van der Waals surface area contributed by atoms with Crippen LogP contribution in [0.15, 0.2) is 58.7 Å². The Morgan fingerprint density at radius 1 is 1.22 bits per heavy atom. The summed E-state index contributed by atoms with van der Waals surface area (Å²) in [7, 11) is 0. The lowest BCUT2D eigenvalue weighted by molar-refractivity contribution is -0.131. The van der Waals surface area contributed by atoms with Crippen LogP contribution in [0.5, 0.6) is 0 Å². The van der Waals surface area contributed by atoms with E-state index in [1.807, 2.05) is 18.2 Å². The van der Waals surface area contributed by atoms with Gasteiger partial charge < -0.3 is 5.11 Å². The van der Waals surface area contributed by atoms with Gasteiger partial charge in [0.25, 0.3) is 0 Å². The first-order valence-corrected chi connectivity index (χ1v) is 8.26. The number of carbonyl (C=O) groups is 1. The van der Waals surface area contributed by atoms with Gasteiger partial charge in [-0.25, -0.2) is 4.79 Å². The maximum absolute atomic E-state index is 10.6. The second-order valence-electron chi connectivity index (χ2n) is 7.42. The average molecular weight is 314 g/mol. The van der Waals surface area contributed by atoms with Crippen LogP contribution in [0.1, 0.15) is 54.4 Å². The zero-order valence-corrected chi connectivity index (χ0v) is 15.3. The Balaban J connectivity index is 2.84. The molecule has 2 nitrogen and oxygen atoms in total. The Labute approximate surface area is 141 Å². The fourth-order valence-electron chi connectivity index (χ4n) is 3.50. The van der Waals surface area contributed by atoms with Crippen molar-refractivity contribution in [1.82, 2.24) is 0 Å². The van der Waals surface area contributed by atoms with Crippen LogP contribution in [0.2, 0.25) is 0 Å². The summed E-state index contributed by atoms with van der Waals surface area (Å²) >= 11 is 0. The third-order valence-corrected chi connectivity index (χ3v) is 4.28. The van der Waals surface area contributed by atoms with E-state index in [0.29, 0.717) is 0 Å². The maximum Gasteiger partial charge on any atom is 0.328 e. The molecule has 0 heterocycles. The molecule has 0 saturated carbocycles. The second-order valence-corrected chi connectivity index (χ2v) is 7.42. The minimum Gasteiger partial charge on any atom is -0.478 e. The highest BCUT2D eigenvalue weighted by molar-refractivity contribution is 5.81. The molecule has 23 heavy (non-hydrogen) atoms. The van der Waals surface area contributed by atoms with Gasteiger partial charge in [-0.15, -0.1) is 0 Å². The molecule has 0 radical (unpaired) electrons. The first-order chi connectivity index (χ1) is 10.6. The van der Waals surface area contributed by atoms with E-state index in [0.717, 1.165) is 17.1 Å². The van der Waals surface area contributed by atoms with Gasteiger partial charge in [-0.2, -0.15) is 0 Å². The molecule has 0 aromatic carbocycles. The summed E-state index contributed by atoms with van der Waals surface area (Å²) < 4.78 is 0. The third-order valence-electron chi connectivity index (χ3n) is 4.28. The molecule has 1 rings (SSSR count). The summed E-state index contributed by atoms with van der Waals surface area (Å²) in [5, 5.41) is 8.67. The molecule has 1 unspecified atom stereocenters. The summed E-state index contributed by atoms with van der Waals surface area (Å²) in [6.07, 6.45) is 13.7. The fourth-order valence-corrected chi connectivity index (χ4v) is 3.50. The number of carboxylic acid groups (broad SMARTS) is 1. The lowest BCUT2D eigenvalue weighted by Gasteiger charge is -2.36. The number of hydrogen-bond acceptors (Lipinski definition) is 1. The first kappa shape index (κ1) is 19.2. The molecule has 0 aromatic heterocycles. The van der Waals surface area contributed by atoms with Crippen molar-refractivity contribution in [2.75, 3.05) is 0 Å². The summed E-state index contributed by atoms with van der Waals surface area (Å²) in [6.45, 7) is 13.1. The molecule has 126 valence electrons. The number of hydrogen-bond donors (Lipinski definition) is 1. The lowest BCUT2D eigenvalue weighted by Crippen LogP contribution is -2.23. The number of rotatable bonds is 5. The molecule has 0 spiro atoms. The van der Waals surface area contributed by atoms with Gasteiger partial charge >= 0.3 is 5.97 Å². The van der Waals surface area contributed by atoms with E-state index in [2.05, 4.69) is 46.8 Å². The standard InChI is InChI=1S/C21H30O2/c1-15(8-7-9-16(2)13-20(22)23)10-11-19-18(4)12-17(3)14-21(19,5)6/h7-11,13,17H,12,14H2,1-6H3,(H,22,23). The Bertz CT molecular complexity index is 595. The molecule has 0 aliphatic heterocycles. The predicted molar refractivity (Wildman–Crippen MR) is 98.3 cm³/mol. The summed E-state index contributed by atoms with van der Waals surface area (Å²) in [5.41, 5.74) is 5.06. The molecule has 1 aliphatic carbocycles. The van der Waals surface area contributed by atoms with Crippen molar-refractivity contribution in [3.63, 3.8) is 0 Å². The van der Waals surface area contributed by atoms with Crippen LogP contribution in [0.3, 0.4) is 0 Å². The van der Waals surface area contributed by atoms with Crippen LogP contribution < -0.4 is 0 Å². The summed E-state index contributed by atoms with van der Waals surface area (Å²) in [5.74, 6) is -0.158. The normalized spacial score (nSPS) is 23.1. The van der Waals surface area contributed by atoms with Gasteiger partial charge in [-0.1, -0.05) is 62.3 Å². The van der Waals surface area contributed by atoms with Crippen LogP contribution in [0.25, 0.3) is 0 Å². The van der Waals surface area contributed by atoms with Gasteiger partial charge in [0.1, 0.15) is 0 Å². The quantitative estimate of drug-likeness (QED) is 0.510. The van der Waals surface area contributed by atoms with E-state index in [1.54, 1.807) is 6.92 Å². The largest absolute Gasteiger partial charge is 0.478 e. The number of aliphatic carboxylic acids is 1. The summed E-state index contributed by atoms with van der Waals surface area (Å²) in [6, 6.07) is 0. The Hall–Kier alpha value is -1.83. The van der Waals surface area contributed by atoms with Crippen molar-refractivity contribution in [3.8, 4) is 0 Å². The monoisotopic (exact) mass is 314 g/mol. The average Bonchev–Trinajstić information content (AvgIpc) is 2.35. The molecule has 0 aromatic rings. The van der Waals surface area contributed by atoms with Crippen LogP contribution in [0.4, 0.5) is 0 Å². The molecule has 0 amide bonds. The predicted octanol–water partition coefficient (Wildman–Crippen LogP) is 5.85. The van der Waals surface area contributed by atoms with Crippen molar-refractivity contribution < 1.29 is 9.90 Å². The van der Waals surface area contributed by atoms with Crippen LogP contribution in [0, 0.1) is 11.3 Å². The third kappa shape index (κ3) is 6.43. The van der Waals surface area contributed by atoms with Crippen LogP contribution in [-0.4, -0.2) is 11.1 Å². The zero-order valence-electron chi connectivity index (χ0n) is 15.3. The van der Waals surface area contributed by atoms with Crippen molar-refractivity contribution >= 4 is 5.97 Å². The second kappa shape index (κ2) is 8.14. The molecule has 2 heteroatoms. The van der Waals surface area contributed by atoms with Crippen molar-refractivity contribution in [2.45, 2.75) is 54.4 Å². The highest BCUT2D eigenvalue weighted by atomic mass is 16.4. The van der Waals surface area contributed by atoms with Gasteiger partial charge in [0.05, 0.1) is 0 Å². The molecule has 0 fully saturated rings. The topological polar surface area (TPSA) is 37.3 Å². The first-order valence-electron chi connectivity index (χ1n) is 8.26. The SMILES string of the molecule is CC(C=CC1=C(C)CC(C)CC1(C)C)=CC=CC(C)=CC(=O)O. The van der Waals surface area contributed by atoms with Crippen molar-refractivity contribution in [1.29, 1.82) is 0 Å². The van der Waals surface area contributed by atoms with Crippen LogP contribution >= 0.6 is 0 Å². The van der Waals surface area contributed by atoms with E-state index in [-0.39, 0.29) is 5.41 Å². The minimum absolute atomic E-state index is 0.231. The van der Waals surface area contributed by atoms with Gasteiger partial charge in [0.2, 0.25) is 0 Å². The molecule has 1 N–H and O–H groups in total. The highest BCUT2D eigenvalue weighted by Gasteiger charge is 2.30. The van der Waals surface area contributed by atoms with E-state index in [1.165, 1.54) is 30.1 Å². The number of allylic oxidation sites excluding steroid dienone is 9. The van der Waals surface area contributed by atoms with Crippen molar-refractivity contribution in [2.24, 2.45) is 11.3 Å². The van der Waals surface area contributed by atoms with Gasteiger partial charge in [0.15, 0.2) is 0 Å². The Kier molecular flexibility index (Phi) is 6.80. The fraction of sp³-hybridized carbons (Fsp3) is 0.476. The smallest absolute Gasteiger partial charge is 0.328 e. The molecule has 0 saturated heterocycles.